The first-order valence-electron chi connectivity index (χ1n) is 13.1. The van der Waals surface area contributed by atoms with Gasteiger partial charge in [-0.05, 0) is 72.2 Å². The molecule has 0 spiro atoms. The Balaban J connectivity index is 1.17. The summed E-state index contributed by atoms with van der Waals surface area (Å²) >= 11 is 0. The molecule has 0 bridgehead atoms. The molecule has 2 amide bonds. The van der Waals surface area contributed by atoms with E-state index in [4.69, 9.17) is 0 Å². The number of carbonyl (C=O) groups is 3. The molecule has 0 unspecified atom stereocenters. The lowest BCUT2D eigenvalue weighted by atomic mass is 10.0. The smallest absolute Gasteiger partial charge is 0.251 e. The molecule has 0 atom stereocenters. The summed E-state index contributed by atoms with van der Waals surface area (Å²) < 4.78 is 0. The van der Waals surface area contributed by atoms with Gasteiger partial charge in [0.2, 0.25) is 0 Å². The zero-order chi connectivity index (χ0) is 26.3. The zero-order valence-corrected chi connectivity index (χ0v) is 21.2. The standard InChI is InChI=1S/C33H30N2O3/c36-31-29-21-25(32(37)34-19-7-13-23-9-3-1-4-10-23)15-17-27(29)28-18-16-26(22-30(28)31)33(38)35-20-8-14-24-11-5-2-6-12-24/h1-6,9-12,15-18,21-22H,7-8,13-14,19-20H2,(H,34,37)(H,35,38). The van der Waals surface area contributed by atoms with Gasteiger partial charge >= 0.3 is 0 Å². The minimum absolute atomic E-state index is 0.160. The second kappa shape index (κ2) is 11.7. The molecule has 0 aromatic heterocycles. The van der Waals surface area contributed by atoms with E-state index in [9.17, 15) is 14.4 Å². The summed E-state index contributed by atoms with van der Waals surface area (Å²) in [6, 6.07) is 30.8. The highest BCUT2D eigenvalue weighted by atomic mass is 16.2. The molecule has 2 N–H and O–H groups in total. The number of rotatable bonds is 10. The van der Waals surface area contributed by atoms with E-state index in [0.29, 0.717) is 35.3 Å². The van der Waals surface area contributed by atoms with Crippen molar-refractivity contribution in [3.8, 4) is 11.1 Å². The van der Waals surface area contributed by atoms with Crippen LogP contribution in [0.2, 0.25) is 0 Å². The topological polar surface area (TPSA) is 75.3 Å². The van der Waals surface area contributed by atoms with Crippen molar-refractivity contribution < 1.29 is 14.4 Å². The van der Waals surface area contributed by atoms with Crippen molar-refractivity contribution in [1.29, 1.82) is 0 Å². The molecule has 0 heterocycles. The van der Waals surface area contributed by atoms with E-state index in [1.807, 2.05) is 48.5 Å². The predicted octanol–water partition coefficient (Wildman–Crippen LogP) is 5.62. The lowest BCUT2D eigenvalue weighted by Gasteiger charge is -2.08. The van der Waals surface area contributed by atoms with E-state index in [2.05, 4.69) is 34.9 Å². The Hall–Kier alpha value is -4.51. The highest BCUT2D eigenvalue weighted by Gasteiger charge is 2.28. The first-order valence-corrected chi connectivity index (χ1v) is 13.1. The Morgan fingerprint density at radius 1 is 0.526 bits per heavy atom. The normalized spacial score (nSPS) is 11.5. The van der Waals surface area contributed by atoms with Gasteiger partial charge in [-0.25, -0.2) is 0 Å². The van der Waals surface area contributed by atoms with E-state index in [0.717, 1.165) is 36.8 Å². The van der Waals surface area contributed by atoms with E-state index in [1.165, 1.54) is 11.1 Å². The van der Waals surface area contributed by atoms with Crippen LogP contribution in [0.1, 0.15) is 60.6 Å². The molecule has 38 heavy (non-hydrogen) atoms. The van der Waals surface area contributed by atoms with Gasteiger partial charge in [0.05, 0.1) is 0 Å². The highest BCUT2D eigenvalue weighted by molar-refractivity contribution is 6.23. The van der Waals surface area contributed by atoms with Crippen molar-refractivity contribution in [2.24, 2.45) is 0 Å². The van der Waals surface area contributed by atoms with Crippen molar-refractivity contribution in [2.75, 3.05) is 13.1 Å². The average molecular weight is 503 g/mol. The number of fused-ring (bicyclic) bond motifs is 3. The summed E-state index contributed by atoms with van der Waals surface area (Å²) in [6.07, 6.45) is 3.45. The van der Waals surface area contributed by atoms with Crippen molar-refractivity contribution in [1.82, 2.24) is 10.6 Å². The van der Waals surface area contributed by atoms with E-state index in [-0.39, 0.29) is 17.6 Å². The molecule has 5 nitrogen and oxygen atoms in total. The van der Waals surface area contributed by atoms with Crippen molar-refractivity contribution in [3.63, 3.8) is 0 Å². The van der Waals surface area contributed by atoms with Crippen LogP contribution in [0, 0.1) is 0 Å². The van der Waals surface area contributed by atoms with Crippen molar-refractivity contribution in [3.05, 3.63) is 130 Å². The van der Waals surface area contributed by atoms with Crippen LogP contribution in [0.5, 0.6) is 0 Å². The lowest BCUT2D eigenvalue weighted by molar-refractivity contribution is 0.0945. The van der Waals surface area contributed by atoms with Gasteiger partial charge in [-0.3, -0.25) is 14.4 Å². The third-order valence-electron chi connectivity index (χ3n) is 6.88. The fourth-order valence-corrected chi connectivity index (χ4v) is 4.84. The summed E-state index contributed by atoms with van der Waals surface area (Å²) in [6.45, 7) is 1.12. The molecule has 1 aliphatic carbocycles. The van der Waals surface area contributed by atoms with Gasteiger partial charge < -0.3 is 10.6 Å². The number of ketones is 1. The van der Waals surface area contributed by atoms with Crippen LogP contribution in [-0.2, 0) is 12.8 Å². The summed E-state index contributed by atoms with van der Waals surface area (Å²) in [5.41, 5.74) is 5.98. The Kier molecular flexibility index (Phi) is 7.74. The molecule has 190 valence electrons. The molecule has 5 heteroatoms. The second-order valence-electron chi connectivity index (χ2n) is 9.54. The van der Waals surface area contributed by atoms with Gasteiger partial charge in [0, 0.05) is 35.3 Å². The first kappa shape index (κ1) is 25.2. The number of aryl methyl sites for hydroxylation is 2. The Bertz CT molecular complexity index is 1350. The maximum absolute atomic E-state index is 13.2. The molecule has 0 saturated heterocycles. The maximum atomic E-state index is 13.2. The summed E-state index contributed by atoms with van der Waals surface area (Å²) in [4.78, 5) is 38.6. The monoisotopic (exact) mass is 502 g/mol. The van der Waals surface area contributed by atoms with Crippen molar-refractivity contribution >= 4 is 17.6 Å². The fraction of sp³-hybridized carbons (Fsp3) is 0.182. The van der Waals surface area contributed by atoms with Crippen LogP contribution >= 0.6 is 0 Å². The summed E-state index contributed by atoms with van der Waals surface area (Å²) in [5.74, 6) is -0.548. The molecular weight excluding hydrogens is 472 g/mol. The third kappa shape index (κ3) is 5.73. The van der Waals surface area contributed by atoms with Gasteiger partial charge in [0.25, 0.3) is 11.8 Å². The fourth-order valence-electron chi connectivity index (χ4n) is 4.84. The average Bonchev–Trinajstić information content (AvgIpc) is 3.25. The van der Waals surface area contributed by atoms with Gasteiger partial charge in [-0.2, -0.15) is 0 Å². The first-order chi connectivity index (χ1) is 18.6. The van der Waals surface area contributed by atoms with Gasteiger partial charge in [0.1, 0.15) is 0 Å². The molecule has 0 fully saturated rings. The third-order valence-corrected chi connectivity index (χ3v) is 6.88. The largest absolute Gasteiger partial charge is 0.352 e. The van der Waals surface area contributed by atoms with Gasteiger partial charge in [-0.1, -0.05) is 72.8 Å². The van der Waals surface area contributed by atoms with Crippen molar-refractivity contribution in [2.45, 2.75) is 25.7 Å². The van der Waals surface area contributed by atoms with Crippen LogP contribution in [0.15, 0.2) is 97.1 Å². The van der Waals surface area contributed by atoms with Crippen LogP contribution in [0.25, 0.3) is 11.1 Å². The summed E-state index contributed by atoms with van der Waals surface area (Å²) in [5, 5.41) is 5.90. The molecule has 4 aromatic carbocycles. The van der Waals surface area contributed by atoms with Crippen LogP contribution in [0.3, 0.4) is 0 Å². The number of nitrogens with one attached hydrogen (secondary N) is 2. The minimum Gasteiger partial charge on any atom is -0.352 e. The Morgan fingerprint density at radius 3 is 1.37 bits per heavy atom. The number of benzene rings is 4. The number of carbonyl (C=O) groups excluding carboxylic acids is 3. The quantitative estimate of drug-likeness (QED) is 0.243. The second-order valence-corrected chi connectivity index (χ2v) is 9.54. The van der Waals surface area contributed by atoms with Crippen LogP contribution in [-0.4, -0.2) is 30.7 Å². The zero-order valence-electron chi connectivity index (χ0n) is 21.2. The summed E-state index contributed by atoms with van der Waals surface area (Å²) in [7, 11) is 0. The van der Waals surface area contributed by atoms with E-state index >= 15 is 0 Å². The lowest BCUT2D eigenvalue weighted by Crippen LogP contribution is -2.25. The van der Waals surface area contributed by atoms with Gasteiger partial charge in [-0.15, -0.1) is 0 Å². The molecule has 0 aliphatic heterocycles. The maximum Gasteiger partial charge on any atom is 0.251 e. The highest BCUT2D eigenvalue weighted by Crippen LogP contribution is 2.37. The van der Waals surface area contributed by atoms with E-state index < -0.39 is 0 Å². The molecule has 1 aliphatic rings. The molecule has 0 radical (unpaired) electrons. The minimum atomic E-state index is -0.194. The number of amides is 2. The van der Waals surface area contributed by atoms with Gasteiger partial charge in [0.15, 0.2) is 5.78 Å². The number of hydrogen-bond donors (Lipinski definition) is 2. The Morgan fingerprint density at radius 2 is 0.947 bits per heavy atom. The molecule has 5 rings (SSSR count). The Labute approximate surface area is 222 Å². The predicted molar refractivity (Wildman–Crippen MR) is 150 cm³/mol. The van der Waals surface area contributed by atoms with Crippen LogP contribution < -0.4 is 10.6 Å². The molecular formula is C33H30N2O3. The van der Waals surface area contributed by atoms with Crippen LogP contribution in [0.4, 0.5) is 0 Å². The number of hydrogen-bond acceptors (Lipinski definition) is 3. The van der Waals surface area contributed by atoms with E-state index in [1.54, 1.807) is 24.3 Å². The molecule has 4 aromatic rings. The SMILES string of the molecule is O=C(NCCCc1ccccc1)c1ccc2c(c1)C(=O)c1cc(C(=O)NCCCc3ccccc3)ccc1-2. The molecule has 0 saturated carbocycles.